The van der Waals surface area contributed by atoms with E-state index in [1.807, 2.05) is 0 Å². The Morgan fingerprint density at radius 3 is 2.83 bits per heavy atom. The molecule has 0 aromatic carbocycles. The van der Waals surface area contributed by atoms with Crippen molar-refractivity contribution in [3.63, 3.8) is 0 Å². The lowest BCUT2D eigenvalue weighted by atomic mass is 9.95. The molecule has 0 amide bonds. The number of rotatable bonds is 1. The molecule has 2 saturated heterocycles. The monoisotopic (exact) mass is 222 g/mol. The average Bonchev–Trinajstić information content (AvgIpc) is 2.47. The quantitative estimate of drug-likeness (QED) is 0.621. The number of nitrogens with zero attached hydrogens (tertiary/aromatic N) is 2. The highest BCUT2D eigenvalue weighted by Crippen LogP contribution is 2.38. The maximum absolute atomic E-state index is 2.88. The third kappa shape index (κ3) is 1.84. The summed E-state index contributed by atoms with van der Waals surface area (Å²) in [6, 6.07) is 0.868. The van der Waals surface area contributed by atoms with E-state index in [1.165, 1.54) is 32.5 Å². The fraction of sp³-hybridized carbons (Fsp3) is 1.00. The van der Waals surface area contributed by atoms with E-state index in [1.54, 1.807) is 0 Å². The lowest BCUT2D eigenvalue weighted by Crippen LogP contribution is -2.39. The zero-order valence-electron chi connectivity index (χ0n) is 7.24. The van der Waals surface area contributed by atoms with Crippen LogP contribution in [0.25, 0.3) is 0 Å². The minimum absolute atomic E-state index is 0.868. The van der Waals surface area contributed by atoms with Crippen molar-refractivity contribution in [3.05, 3.63) is 0 Å². The van der Waals surface area contributed by atoms with Gasteiger partial charge < -0.3 is 0 Å². The van der Waals surface area contributed by atoms with E-state index < -0.39 is 0 Å². The van der Waals surface area contributed by atoms with Gasteiger partial charge in [0.25, 0.3) is 0 Å². The Morgan fingerprint density at radius 1 is 1.25 bits per heavy atom. The number of hydrogen-bond acceptors (Lipinski definition) is 2. The van der Waals surface area contributed by atoms with Gasteiger partial charge in [-0.3, -0.25) is 9.34 Å². The van der Waals surface area contributed by atoms with Crippen LogP contribution in [0.4, 0.5) is 0 Å². The Labute approximate surface area is 81.0 Å². The van der Waals surface area contributed by atoms with Crippen molar-refractivity contribution >= 4 is 26.7 Å². The highest BCUT2D eigenvalue weighted by molar-refractivity contribution is 8.01. The second-order valence-electron chi connectivity index (χ2n) is 3.72. The number of piperidine rings is 1. The van der Waals surface area contributed by atoms with Crippen LogP contribution in [0.1, 0.15) is 12.8 Å². The van der Waals surface area contributed by atoms with E-state index in [0.717, 1.165) is 20.4 Å². The van der Waals surface area contributed by atoms with Crippen molar-refractivity contribution in [1.82, 2.24) is 9.34 Å². The van der Waals surface area contributed by atoms with Gasteiger partial charge in [0, 0.05) is 25.7 Å². The summed E-state index contributed by atoms with van der Waals surface area (Å²) in [6.45, 7) is 3.92. The standard InChI is InChI=1S/C7H17N2P3/c10-9-4-1-6-5-8(12-11)3-2-7(6)9/h6-7,12H,1-5,10-11H2. The molecular formula is C7H17N2P3. The molecule has 0 saturated carbocycles. The molecule has 5 atom stereocenters. The van der Waals surface area contributed by atoms with Gasteiger partial charge in [0.15, 0.2) is 0 Å². The topological polar surface area (TPSA) is 6.48 Å². The van der Waals surface area contributed by atoms with Crippen LogP contribution in [-0.4, -0.2) is 35.0 Å². The van der Waals surface area contributed by atoms with Gasteiger partial charge in [0.05, 0.1) is 0 Å². The Hall–Kier alpha value is 1.21. The minimum Gasteiger partial charge on any atom is -0.284 e. The Balaban J connectivity index is 1.95. The second kappa shape index (κ2) is 4.16. The molecule has 0 bridgehead atoms. The Kier molecular flexibility index (Phi) is 3.38. The van der Waals surface area contributed by atoms with Gasteiger partial charge in [-0.2, -0.15) is 0 Å². The van der Waals surface area contributed by atoms with Gasteiger partial charge >= 0.3 is 0 Å². The SMILES string of the molecule is PPN1CCC2C(CCN2P)C1. The van der Waals surface area contributed by atoms with Crippen molar-refractivity contribution in [1.29, 1.82) is 0 Å². The van der Waals surface area contributed by atoms with Crippen LogP contribution in [0.2, 0.25) is 0 Å². The largest absolute Gasteiger partial charge is 0.284 e. The Morgan fingerprint density at radius 2 is 2.08 bits per heavy atom. The second-order valence-corrected chi connectivity index (χ2v) is 6.05. The molecule has 2 nitrogen and oxygen atoms in total. The summed E-state index contributed by atoms with van der Waals surface area (Å²) in [4.78, 5) is 0. The van der Waals surface area contributed by atoms with E-state index in [4.69, 9.17) is 0 Å². The lowest BCUT2D eigenvalue weighted by Gasteiger charge is -2.35. The van der Waals surface area contributed by atoms with Crippen LogP contribution in [0, 0.1) is 5.92 Å². The average molecular weight is 222 g/mol. The molecule has 0 N–H and O–H groups in total. The normalized spacial score (nSPS) is 39.5. The summed E-state index contributed by atoms with van der Waals surface area (Å²) in [7, 11) is 6.67. The van der Waals surface area contributed by atoms with E-state index in [-0.39, 0.29) is 0 Å². The molecule has 0 aromatic rings. The van der Waals surface area contributed by atoms with Crippen LogP contribution >= 0.6 is 26.7 Å². The van der Waals surface area contributed by atoms with Crippen molar-refractivity contribution in [3.8, 4) is 0 Å². The van der Waals surface area contributed by atoms with Crippen LogP contribution in [0.5, 0.6) is 0 Å². The smallest absolute Gasteiger partial charge is 0.0183 e. The van der Waals surface area contributed by atoms with Gasteiger partial charge in [0.1, 0.15) is 0 Å². The predicted molar refractivity (Wildman–Crippen MR) is 62.5 cm³/mol. The molecule has 2 fully saturated rings. The van der Waals surface area contributed by atoms with Crippen molar-refractivity contribution in [2.75, 3.05) is 19.6 Å². The lowest BCUT2D eigenvalue weighted by molar-refractivity contribution is 0.226. The molecule has 2 aliphatic heterocycles. The summed E-state index contributed by atoms with van der Waals surface area (Å²) in [5.74, 6) is 0.948. The first-order chi connectivity index (χ1) is 5.81. The third-order valence-electron chi connectivity index (χ3n) is 3.06. The van der Waals surface area contributed by atoms with Crippen molar-refractivity contribution in [2.24, 2.45) is 5.92 Å². The van der Waals surface area contributed by atoms with Gasteiger partial charge in [0.2, 0.25) is 0 Å². The van der Waals surface area contributed by atoms with Crippen LogP contribution in [0.3, 0.4) is 0 Å². The summed E-state index contributed by atoms with van der Waals surface area (Å²) in [6.07, 6.45) is 2.77. The van der Waals surface area contributed by atoms with E-state index in [0.29, 0.717) is 0 Å². The summed E-state index contributed by atoms with van der Waals surface area (Å²) >= 11 is 0. The fourth-order valence-corrected chi connectivity index (χ4v) is 4.18. The van der Waals surface area contributed by atoms with Crippen molar-refractivity contribution in [2.45, 2.75) is 18.9 Å². The van der Waals surface area contributed by atoms with Crippen molar-refractivity contribution < 1.29 is 0 Å². The molecule has 0 spiro atoms. The van der Waals surface area contributed by atoms with Gasteiger partial charge in [-0.15, -0.1) is 0 Å². The first-order valence-electron chi connectivity index (χ1n) is 4.54. The number of fused-ring (bicyclic) bond motifs is 1. The molecule has 0 radical (unpaired) electrons. The molecule has 0 aliphatic carbocycles. The molecular weight excluding hydrogens is 205 g/mol. The number of hydrogen-bond donors (Lipinski definition) is 0. The highest BCUT2D eigenvalue weighted by atomic mass is 32.0. The predicted octanol–water partition coefficient (Wildman–Crippen LogP) is 1.56. The zero-order chi connectivity index (χ0) is 8.55. The van der Waals surface area contributed by atoms with Gasteiger partial charge in [-0.25, -0.2) is 0 Å². The molecule has 5 heteroatoms. The molecule has 12 heavy (non-hydrogen) atoms. The van der Waals surface area contributed by atoms with Crippen LogP contribution < -0.4 is 0 Å². The zero-order valence-corrected chi connectivity index (χ0v) is 10.5. The molecule has 2 aliphatic rings. The summed E-state index contributed by atoms with van der Waals surface area (Å²) in [5, 5.41) is 0. The van der Waals surface area contributed by atoms with Crippen LogP contribution in [-0.2, 0) is 0 Å². The highest BCUT2D eigenvalue weighted by Gasteiger charge is 2.35. The Bertz CT molecular complexity index is 167. The van der Waals surface area contributed by atoms with Crippen LogP contribution in [0.15, 0.2) is 0 Å². The van der Waals surface area contributed by atoms with E-state index >= 15 is 0 Å². The minimum atomic E-state index is 0.868. The molecule has 2 rings (SSSR count). The van der Waals surface area contributed by atoms with Gasteiger partial charge in [-0.05, 0) is 27.2 Å². The molecule has 2 heterocycles. The summed E-state index contributed by atoms with van der Waals surface area (Å²) < 4.78 is 5.05. The summed E-state index contributed by atoms with van der Waals surface area (Å²) in [5.41, 5.74) is 0. The van der Waals surface area contributed by atoms with E-state index in [2.05, 4.69) is 27.7 Å². The maximum Gasteiger partial charge on any atom is 0.0183 e. The maximum atomic E-state index is 2.88. The third-order valence-corrected chi connectivity index (χ3v) is 5.57. The molecule has 0 aromatic heterocycles. The van der Waals surface area contributed by atoms with Gasteiger partial charge in [-0.1, -0.05) is 18.3 Å². The fourth-order valence-electron chi connectivity index (χ4n) is 2.34. The van der Waals surface area contributed by atoms with E-state index in [9.17, 15) is 0 Å². The first-order valence-corrected chi connectivity index (χ1v) is 7.81. The first kappa shape index (κ1) is 9.75. The molecule has 70 valence electrons. The molecule has 5 unspecified atom stereocenters.